The normalized spacial score (nSPS) is 13.2. The van der Waals surface area contributed by atoms with Crippen molar-refractivity contribution in [3.8, 4) is 0 Å². The first-order valence-corrected chi connectivity index (χ1v) is 3.48. The summed E-state index contributed by atoms with van der Waals surface area (Å²) in [6, 6.07) is -0.112. The Morgan fingerprint density at radius 3 is 1.80 bits per heavy atom. The fourth-order valence-corrected chi connectivity index (χ4v) is 0.375. The quantitative estimate of drug-likeness (QED) is 0.556. The van der Waals surface area contributed by atoms with E-state index in [1.807, 2.05) is 20.8 Å². The number of hydrogen-bond acceptors (Lipinski definition) is 2. The van der Waals surface area contributed by atoms with Gasteiger partial charge in [0.25, 0.3) is 0 Å². The fourth-order valence-electron chi connectivity index (χ4n) is 0.375. The van der Waals surface area contributed by atoms with Crippen LogP contribution in [0.1, 0.15) is 34.6 Å². The maximum atomic E-state index is 10.9. The average molecular weight is 146 g/mol. The van der Waals surface area contributed by atoms with Crippen molar-refractivity contribution in [1.82, 2.24) is 5.23 Å². The molecular weight excluding hydrogens is 130 g/mol. The molecule has 0 saturated heterocycles. The molecule has 0 unspecified atom stereocenters. The summed E-state index contributed by atoms with van der Waals surface area (Å²) in [6.07, 6.45) is 0. The van der Waals surface area contributed by atoms with Crippen LogP contribution in [0.25, 0.3) is 0 Å². The van der Waals surface area contributed by atoms with Crippen LogP contribution in [-0.2, 0) is 10.0 Å². The molecule has 0 N–H and O–H groups in total. The van der Waals surface area contributed by atoms with Crippen molar-refractivity contribution in [2.24, 2.45) is 0 Å². The van der Waals surface area contributed by atoms with Crippen LogP contribution in [0.4, 0.5) is 0 Å². The predicted molar refractivity (Wildman–Crippen MR) is 38.5 cm³/mol. The molecule has 0 bridgehead atoms. The van der Waals surface area contributed by atoms with Crippen LogP contribution >= 0.6 is 0 Å². The van der Waals surface area contributed by atoms with E-state index in [1.165, 1.54) is 0 Å². The largest absolute Gasteiger partial charge is 0.266 e. The molecule has 10 heavy (non-hydrogen) atoms. The van der Waals surface area contributed by atoms with E-state index in [0.29, 0.717) is 5.23 Å². The molecule has 0 saturated carbocycles. The molecule has 0 atom stereocenters. The van der Waals surface area contributed by atoms with Gasteiger partial charge >= 0.3 is 0 Å². The zero-order valence-corrected chi connectivity index (χ0v) is 7.34. The van der Waals surface area contributed by atoms with Crippen molar-refractivity contribution < 1.29 is 10.0 Å². The van der Waals surface area contributed by atoms with Gasteiger partial charge in [-0.2, -0.15) is 0 Å². The second-order valence-electron chi connectivity index (χ2n) is 3.58. The van der Waals surface area contributed by atoms with Gasteiger partial charge in [-0.15, -0.1) is 0 Å². The van der Waals surface area contributed by atoms with Crippen molar-refractivity contribution in [2.45, 2.75) is 46.3 Å². The van der Waals surface area contributed by atoms with E-state index in [0.717, 1.165) is 0 Å². The first kappa shape index (κ1) is 9.88. The number of rotatable bonds is 2. The van der Waals surface area contributed by atoms with Gasteiger partial charge in [-0.1, -0.05) is 5.21 Å². The van der Waals surface area contributed by atoms with E-state index < -0.39 is 0 Å². The minimum Gasteiger partial charge on any atom is -0.266 e. The second-order valence-corrected chi connectivity index (χ2v) is 3.58. The van der Waals surface area contributed by atoms with Crippen LogP contribution in [0.3, 0.4) is 0 Å². The molecule has 0 spiro atoms. The SMILES string of the molecule is CC(C)N([O])OC(C)(C)C. The van der Waals surface area contributed by atoms with Gasteiger partial charge in [0.1, 0.15) is 0 Å². The third-order valence-electron chi connectivity index (χ3n) is 0.785. The lowest BCUT2D eigenvalue weighted by atomic mass is 10.2. The summed E-state index contributed by atoms with van der Waals surface area (Å²) in [6.45, 7) is 9.12. The topological polar surface area (TPSA) is 32.4 Å². The molecule has 0 heterocycles. The third-order valence-corrected chi connectivity index (χ3v) is 0.785. The molecule has 61 valence electrons. The smallest absolute Gasteiger partial charge is 0.0843 e. The number of hydroxylamine groups is 2. The van der Waals surface area contributed by atoms with Gasteiger partial charge < -0.3 is 0 Å². The molecule has 1 radical (unpaired) electrons. The van der Waals surface area contributed by atoms with Crippen LogP contribution in [0.15, 0.2) is 0 Å². The molecule has 0 aromatic heterocycles. The van der Waals surface area contributed by atoms with Gasteiger partial charge in [0.05, 0.1) is 11.6 Å². The Morgan fingerprint density at radius 1 is 1.30 bits per heavy atom. The van der Waals surface area contributed by atoms with Gasteiger partial charge in [-0.3, -0.25) is 4.84 Å². The number of nitrogens with zero attached hydrogens (tertiary/aromatic N) is 1. The molecule has 3 heteroatoms. The van der Waals surface area contributed by atoms with E-state index in [9.17, 15) is 5.21 Å². The molecule has 0 fully saturated rings. The highest BCUT2D eigenvalue weighted by atomic mass is 16.9. The Morgan fingerprint density at radius 2 is 1.70 bits per heavy atom. The van der Waals surface area contributed by atoms with Gasteiger partial charge in [-0.25, -0.2) is 0 Å². The molecule has 0 aromatic carbocycles. The summed E-state index contributed by atoms with van der Waals surface area (Å²) in [4.78, 5) is 4.98. The van der Waals surface area contributed by atoms with Crippen LogP contribution in [0.5, 0.6) is 0 Å². The minimum atomic E-state index is -0.383. The lowest BCUT2D eigenvalue weighted by Crippen LogP contribution is -2.34. The van der Waals surface area contributed by atoms with Crippen LogP contribution in [0.2, 0.25) is 0 Å². The summed E-state index contributed by atoms with van der Waals surface area (Å²) < 4.78 is 0. The highest BCUT2D eigenvalue weighted by Crippen LogP contribution is 2.10. The zero-order chi connectivity index (χ0) is 8.36. The predicted octanol–water partition coefficient (Wildman–Crippen LogP) is 1.77. The lowest BCUT2D eigenvalue weighted by Gasteiger charge is -2.25. The van der Waals surface area contributed by atoms with E-state index in [4.69, 9.17) is 4.84 Å². The van der Waals surface area contributed by atoms with Crippen molar-refractivity contribution in [3.63, 3.8) is 0 Å². The van der Waals surface area contributed by atoms with Crippen molar-refractivity contribution >= 4 is 0 Å². The van der Waals surface area contributed by atoms with Gasteiger partial charge in [0.15, 0.2) is 0 Å². The van der Waals surface area contributed by atoms with Crippen LogP contribution < -0.4 is 0 Å². The summed E-state index contributed by atoms with van der Waals surface area (Å²) in [7, 11) is 0. The molecule has 0 aliphatic rings. The standard InChI is InChI=1S/C7H16NO2/c1-6(2)8(9)10-7(3,4)5/h6H,1-5H3. The Balaban J connectivity index is 3.68. The summed E-state index contributed by atoms with van der Waals surface area (Å²) >= 11 is 0. The molecule has 0 rings (SSSR count). The highest BCUT2D eigenvalue weighted by molar-refractivity contribution is 4.56. The van der Waals surface area contributed by atoms with Gasteiger partial charge in [0.2, 0.25) is 0 Å². The first-order valence-electron chi connectivity index (χ1n) is 3.48. The summed E-state index contributed by atoms with van der Waals surface area (Å²) in [5.74, 6) is 0. The minimum absolute atomic E-state index is 0.112. The Kier molecular flexibility index (Phi) is 3.28. The van der Waals surface area contributed by atoms with Crippen molar-refractivity contribution in [2.75, 3.05) is 0 Å². The lowest BCUT2D eigenvalue weighted by molar-refractivity contribution is -0.424. The molecule has 0 aromatic rings. The monoisotopic (exact) mass is 146 g/mol. The van der Waals surface area contributed by atoms with E-state index in [-0.39, 0.29) is 11.6 Å². The fraction of sp³-hybridized carbons (Fsp3) is 1.00. The Hall–Kier alpha value is -0.120. The molecule has 0 aliphatic carbocycles. The average Bonchev–Trinajstić information content (AvgIpc) is 1.60. The summed E-state index contributed by atoms with van der Waals surface area (Å²) in [5, 5.41) is 11.5. The van der Waals surface area contributed by atoms with Crippen molar-refractivity contribution in [1.29, 1.82) is 0 Å². The third kappa shape index (κ3) is 4.73. The molecular formula is C7H16NO2. The first-order chi connectivity index (χ1) is 4.33. The summed E-state index contributed by atoms with van der Waals surface area (Å²) in [5.41, 5.74) is -0.383. The van der Waals surface area contributed by atoms with E-state index >= 15 is 0 Å². The Bertz CT molecular complexity index is 96.3. The second kappa shape index (κ2) is 3.32. The van der Waals surface area contributed by atoms with Gasteiger partial charge in [-0.05, 0) is 39.8 Å². The highest BCUT2D eigenvalue weighted by Gasteiger charge is 2.18. The maximum absolute atomic E-state index is 10.9. The van der Waals surface area contributed by atoms with Crippen LogP contribution in [-0.4, -0.2) is 16.9 Å². The molecule has 0 aliphatic heterocycles. The van der Waals surface area contributed by atoms with E-state index in [1.54, 1.807) is 13.8 Å². The van der Waals surface area contributed by atoms with E-state index in [2.05, 4.69) is 0 Å². The maximum Gasteiger partial charge on any atom is 0.0843 e. The molecule has 0 amide bonds. The molecule has 3 nitrogen and oxygen atoms in total. The number of hydrogen-bond donors (Lipinski definition) is 0. The Labute approximate surface area is 62.5 Å². The zero-order valence-electron chi connectivity index (χ0n) is 7.34. The van der Waals surface area contributed by atoms with Crippen LogP contribution in [0, 0.1) is 0 Å². The van der Waals surface area contributed by atoms with Crippen molar-refractivity contribution in [3.05, 3.63) is 0 Å². The van der Waals surface area contributed by atoms with Gasteiger partial charge in [0, 0.05) is 0 Å².